The number of fused-ring (bicyclic) bond motifs is 3. The van der Waals surface area contributed by atoms with Crippen LogP contribution in [0.15, 0.2) is 78.9 Å². The first-order valence-corrected chi connectivity index (χ1v) is 19.7. The van der Waals surface area contributed by atoms with Crippen molar-refractivity contribution in [1.82, 2.24) is 19.4 Å². The van der Waals surface area contributed by atoms with Crippen LogP contribution in [0.2, 0.25) is 11.1 Å². The van der Waals surface area contributed by atoms with Crippen molar-refractivity contribution in [2.45, 2.75) is 50.0 Å². The summed E-state index contributed by atoms with van der Waals surface area (Å²) in [7, 11) is -0.940. The number of benzene rings is 3. The molecule has 1 spiro atoms. The van der Waals surface area contributed by atoms with Crippen LogP contribution in [-0.2, 0) is 34.0 Å². The third-order valence-electron chi connectivity index (χ3n) is 10.4. The highest BCUT2D eigenvalue weighted by Crippen LogP contribution is 2.55. The Bertz CT molecular complexity index is 2290. The highest BCUT2D eigenvalue weighted by atomic mass is 35.5. The maximum absolute atomic E-state index is 14.2. The number of carbonyl (C=O) groups excluding carboxylic acids is 2. The number of ether oxygens (including phenoxy) is 1. The molecule has 2 N–H and O–H groups in total. The van der Waals surface area contributed by atoms with Gasteiger partial charge in [0, 0.05) is 59.5 Å². The summed E-state index contributed by atoms with van der Waals surface area (Å²) in [6, 6.07) is 22.6. The second-order valence-corrected chi connectivity index (χ2v) is 16.4. The number of hydrogen-bond acceptors (Lipinski definition) is 7. The number of anilines is 2. The average Bonchev–Trinajstić information content (AvgIpc) is 3.81. The molecule has 52 heavy (non-hydrogen) atoms. The van der Waals surface area contributed by atoms with Crippen LogP contribution in [-0.4, -0.2) is 60.0 Å². The molecule has 0 bridgehead atoms. The van der Waals surface area contributed by atoms with Crippen LogP contribution in [0.4, 0.5) is 15.8 Å². The first-order chi connectivity index (χ1) is 25.3. The Balaban J connectivity index is 0.892. The smallest absolute Gasteiger partial charge is 0.255 e. The van der Waals surface area contributed by atoms with E-state index in [4.69, 9.17) is 30.7 Å². The molecule has 5 heterocycles. The summed E-state index contributed by atoms with van der Waals surface area (Å²) in [5, 5.41) is 6.35. The van der Waals surface area contributed by atoms with Crippen LogP contribution in [0.5, 0.6) is 5.88 Å². The molecule has 1 aliphatic carbocycles. The second kappa shape index (κ2) is 13.3. The molecule has 0 unspecified atom stereocenters. The number of aromatic nitrogens is 3. The molecule has 1 saturated carbocycles. The number of imidazole rings is 1. The predicted molar refractivity (Wildman–Crippen MR) is 198 cm³/mol. The Morgan fingerprint density at radius 3 is 2.75 bits per heavy atom. The third kappa shape index (κ3) is 6.29. The summed E-state index contributed by atoms with van der Waals surface area (Å²) in [6.07, 6.45) is 5.48. The number of halogens is 2. The summed E-state index contributed by atoms with van der Waals surface area (Å²) < 4.78 is 28.2. The number of carbonyl (C=O) groups is 2. The molecule has 2 amide bonds. The molecule has 263 valence electrons. The summed E-state index contributed by atoms with van der Waals surface area (Å²) in [6.45, 7) is 3.08. The van der Waals surface area contributed by atoms with Crippen LogP contribution in [0, 0.1) is 5.82 Å². The highest BCUT2D eigenvalue weighted by molar-refractivity contribution is 6.53. The van der Waals surface area contributed by atoms with E-state index in [-0.39, 0.29) is 18.4 Å². The lowest BCUT2D eigenvalue weighted by molar-refractivity contribution is -0.117. The predicted octanol–water partition coefficient (Wildman–Crippen LogP) is 6.89. The van der Waals surface area contributed by atoms with Gasteiger partial charge in [0.1, 0.15) is 18.2 Å². The van der Waals surface area contributed by atoms with E-state index < -0.39 is 20.3 Å². The summed E-state index contributed by atoms with van der Waals surface area (Å²) >= 11 is 5.88. The SMILES string of the molecule is O=C(Nc1ccc2c(c1)C1(CC1)C(=O)N2)c1ccc2c(c1)nc(CN1CC=C(c3cccc(OCc4ccc(Cl)cc4F)n3)CC1)n2C[Si]1CCO1. The fourth-order valence-corrected chi connectivity index (χ4v) is 8.84. The van der Waals surface area contributed by atoms with Crippen LogP contribution in [0.25, 0.3) is 16.6 Å². The molecule has 10 nitrogen and oxygen atoms in total. The Morgan fingerprint density at radius 1 is 1.10 bits per heavy atom. The monoisotopic (exact) mass is 733 g/mol. The molecule has 0 atom stereocenters. The van der Waals surface area contributed by atoms with Gasteiger partial charge in [0.2, 0.25) is 20.8 Å². The number of hydrogen-bond donors (Lipinski definition) is 2. The molecular weight excluding hydrogens is 699 g/mol. The quantitative estimate of drug-likeness (QED) is 0.151. The zero-order valence-electron chi connectivity index (χ0n) is 28.3. The Morgan fingerprint density at radius 2 is 1.98 bits per heavy atom. The maximum Gasteiger partial charge on any atom is 0.255 e. The molecule has 3 aromatic carbocycles. The molecule has 1 radical (unpaired) electrons. The van der Waals surface area contributed by atoms with Gasteiger partial charge in [-0.3, -0.25) is 14.5 Å². The fourth-order valence-electron chi connectivity index (χ4n) is 7.23. The minimum absolute atomic E-state index is 0.0528. The van der Waals surface area contributed by atoms with E-state index in [0.717, 1.165) is 90.5 Å². The second-order valence-electron chi connectivity index (χ2n) is 13.8. The minimum atomic E-state index is -0.940. The molecular formula is C39H35ClFN6O4Si. The van der Waals surface area contributed by atoms with Gasteiger partial charge in [-0.1, -0.05) is 29.8 Å². The fraction of sp³-hybridized carbons (Fsp3) is 0.282. The maximum atomic E-state index is 14.2. The highest BCUT2D eigenvalue weighted by Gasteiger charge is 2.56. The van der Waals surface area contributed by atoms with Crippen molar-refractivity contribution in [3.63, 3.8) is 0 Å². The van der Waals surface area contributed by atoms with E-state index in [1.807, 2.05) is 48.5 Å². The zero-order valence-corrected chi connectivity index (χ0v) is 30.0. The third-order valence-corrected chi connectivity index (χ3v) is 12.7. The van der Waals surface area contributed by atoms with Gasteiger partial charge in [-0.25, -0.2) is 14.4 Å². The zero-order chi connectivity index (χ0) is 35.4. The van der Waals surface area contributed by atoms with E-state index in [1.54, 1.807) is 18.2 Å². The number of nitrogens with zero attached hydrogens (tertiary/aromatic N) is 4. The standard InChI is InChI=1S/C39H35ClFN6O4Si/c40-27-6-4-26(30(41)19-27)22-50-36-3-1-2-31(44-36)24-10-14-46(15-11-24)21-35-43-33-18-25(5-9-34(33)47(35)23-52-17-16-51-52)37(48)42-28-7-8-32-29(20-28)39(12-13-39)38(49)45-32/h1-10,18-20H,11-17,21-23H2,(H,42,48)(H,45,49). The molecule has 5 aromatic rings. The molecule has 2 fully saturated rings. The summed E-state index contributed by atoms with van der Waals surface area (Å²) in [5.74, 6) is 0.812. The van der Waals surface area contributed by atoms with Gasteiger partial charge < -0.3 is 24.4 Å². The van der Waals surface area contributed by atoms with Gasteiger partial charge in [0.15, 0.2) is 0 Å². The molecule has 3 aliphatic heterocycles. The number of amides is 2. The minimum Gasteiger partial charge on any atom is -0.473 e. The summed E-state index contributed by atoms with van der Waals surface area (Å²) in [5.41, 5.74) is 6.74. The van der Waals surface area contributed by atoms with Gasteiger partial charge in [0.25, 0.3) is 5.91 Å². The Kier molecular flexibility index (Phi) is 8.42. The number of rotatable bonds is 10. The van der Waals surface area contributed by atoms with E-state index >= 15 is 0 Å². The number of pyridine rings is 1. The normalized spacial score (nSPS) is 17.8. The van der Waals surface area contributed by atoms with Gasteiger partial charge in [0.05, 0.1) is 28.7 Å². The Labute approximate surface area is 306 Å². The average molecular weight is 734 g/mol. The molecule has 2 aromatic heterocycles. The van der Waals surface area contributed by atoms with Crippen molar-refractivity contribution in [2.75, 3.05) is 30.3 Å². The van der Waals surface area contributed by atoms with Gasteiger partial charge in [-0.05, 0) is 91.0 Å². The van der Waals surface area contributed by atoms with Crippen molar-refractivity contribution in [2.24, 2.45) is 0 Å². The summed E-state index contributed by atoms with van der Waals surface area (Å²) in [4.78, 5) is 38.0. The van der Waals surface area contributed by atoms with Crippen molar-refractivity contribution in [3.05, 3.63) is 118 Å². The molecule has 4 aliphatic rings. The molecule has 9 rings (SSSR count). The lowest BCUT2D eigenvalue weighted by Gasteiger charge is -2.28. The first-order valence-electron chi connectivity index (χ1n) is 17.5. The van der Waals surface area contributed by atoms with Crippen LogP contribution >= 0.6 is 11.6 Å². The van der Waals surface area contributed by atoms with Crippen LogP contribution < -0.4 is 15.4 Å². The van der Waals surface area contributed by atoms with Crippen molar-refractivity contribution in [1.29, 1.82) is 0 Å². The van der Waals surface area contributed by atoms with Crippen molar-refractivity contribution < 1.29 is 23.1 Å². The van der Waals surface area contributed by atoms with E-state index in [1.165, 1.54) is 6.07 Å². The molecule has 13 heteroatoms. The van der Waals surface area contributed by atoms with Crippen molar-refractivity contribution in [3.8, 4) is 5.88 Å². The van der Waals surface area contributed by atoms with Gasteiger partial charge in [-0.2, -0.15) is 0 Å². The van der Waals surface area contributed by atoms with Crippen LogP contribution in [0.3, 0.4) is 0 Å². The largest absolute Gasteiger partial charge is 0.473 e. The topological polar surface area (TPSA) is 111 Å². The lowest BCUT2D eigenvalue weighted by Crippen LogP contribution is -2.37. The van der Waals surface area contributed by atoms with Crippen LogP contribution in [0.1, 0.15) is 52.3 Å². The number of nitrogens with one attached hydrogen (secondary N) is 2. The van der Waals surface area contributed by atoms with Gasteiger partial charge >= 0.3 is 0 Å². The van der Waals surface area contributed by atoms with E-state index in [0.29, 0.717) is 34.3 Å². The Hall–Kier alpha value is -4.88. The van der Waals surface area contributed by atoms with E-state index in [9.17, 15) is 14.0 Å². The molecule has 1 saturated heterocycles. The first kappa shape index (κ1) is 33.0. The lowest BCUT2D eigenvalue weighted by atomic mass is 9.97. The van der Waals surface area contributed by atoms with E-state index in [2.05, 4.69) is 26.2 Å². The van der Waals surface area contributed by atoms with Crippen molar-refractivity contribution >= 4 is 60.4 Å². The van der Waals surface area contributed by atoms with Gasteiger partial charge in [-0.15, -0.1) is 0 Å².